The van der Waals surface area contributed by atoms with E-state index in [1.54, 1.807) is 23.9 Å². The zero-order chi connectivity index (χ0) is 15.9. The van der Waals surface area contributed by atoms with Crippen LogP contribution < -0.4 is 5.32 Å². The molecule has 0 aliphatic carbocycles. The van der Waals surface area contributed by atoms with E-state index in [2.05, 4.69) is 17.1 Å². The van der Waals surface area contributed by atoms with Crippen LogP contribution in [0.15, 0.2) is 29.2 Å². The summed E-state index contributed by atoms with van der Waals surface area (Å²) in [6.45, 7) is 6.83. The maximum absolute atomic E-state index is 12.9. The van der Waals surface area contributed by atoms with Gasteiger partial charge in [0.15, 0.2) is 0 Å². The first kappa shape index (κ1) is 20.3. The van der Waals surface area contributed by atoms with Gasteiger partial charge in [0.2, 0.25) is 5.91 Å². The molecule has 1 aromatic rings. The number of thioether (sulfide) groups is 1. The predicted octanol–water partition coefficient (Wildman–Crippen LogP) is 3.58. The van der Waals surface area contributed by atoms with Crippen molar-refractivity contribution in [1.82, 2.24) is 10.2 Å². The van der Waals surface area contributed by atoms with E-state index in [4.69, 9.17) is 0 Å². The third-order valence-corrected chi connectivity index (χ3v) is 5.23. The minimum atomic E-state index is -0.226. The van der Waals surface area contributed by atoms with Crippen LogP contribution in [-0.2, 0) is 4.79 Å². The van der Waals surface area contributed by atoms with Gasteiger partial charge in [-0.05, 0) is 43.7 Å². The number of nitrogens with zero attached hydrogens (tertiary/aromatic N) is 1. The fourth-order valence-electron chi connectivity index (χ4n) is 2.73. The molecular formula is C17H26ClFN2OS. The average molecular weight is 361 g/mol. The number of amides is 1. The van der Waals surface area contributed by atoms with E-state index in [1.807, 2.05) is 6.92 Å². The van der Waals surface area contributed by atoms with Gasteiger partial charge >= 0.3 is 0 Å². The van der Waals surface area contributed by atoms with Crippen molar-refractivity contribution in [3.63, 3.8) is 0 Å². The topological polar surface area (TPSA) is 32.3 Å². The highest BCUT2D eigenvalue weighted by molar-refractivity contribution is 7.99. The van der Waals surface area contributed by atoms with E-state index in [-0.39, 0.29) is 30.0 Å². The fraction of sp³-hybridized carbons (Fsp3) is 0.588. The molecule has 0 spiro atoms. The van der Waals surface area contributed by atoms with Crippen LogP contribution in [0.4, 0.5) is 4.39 Å². The largest absolute Gasteiger partial charge is 0.338 e. The summed E-state index contributed by atoms with van der Waals surface area (Å²) in [5, 5.41) is 3.33. The lowest BCUT2D eigenvalue weighted by Gasteiger charge is -2.30. The molecule has 0 radical (unpaired) electrons. The molecule has 2 unspecified atom stereocenters. The Balaban J connectivity index is 0.00000264. The number of rotatable bonds is 7. The normalized spacial score (nSPS) is 18.3. The van der Waals surface area contributed by atoms with Crippen molar-refractivity contribution in [3.05, 3.63) is 30.1 Å². The Morgan fingerprint density at radius 1 is 1.43 bits per heavy atom. The molecule has 1 aliphatic rings. The Morgan fingerprint density at radius 2 is 2.13 bits per heavy atom. The maximum Gasteiger partial charge on any atom is 0.226 e. The number of carbonyl (C=O) groups excluding carboxylic acids is 1. The lowest BCUT2D eigenvalue weighted by Crippen LogP contribution is -2.45. The van der Waals surface area contributed by atoms with Crippen molar-refractivity contribution < 1.29 is 9.18 Å². The van der Waals surface area contributed by atoms with Crippen molar-refractivity contribution in [2.45, 2.75) is 37.6 Å². The number of halogens is 2. The Bertz CT molecular complexity index is 480. The molecule has 1 fully saturated rings. The summed E-state index contributed by atoms with van der Waals surface area (Å²) in [6.07, 6.45) is 2.03. The van der Waals surface area contributed by atoms with Gasteiger partial charge in [-0.3, -0.25) is 4.79 Å². The molecule has 1 aliphatic heterocycles. The second-order valence-electron chi connectivity index (χ2n) is 5.84. The van der Waals surface area contributed by atoms with Crippen LogP contribution in [0.5, 0.6) is 0 Å². The molecule has 1 saturated heterocycles. The fourth-order valence-corrected chi connectivity index (χ4v) is 3.64. The summed E-state index contributed by atoms with van der Waals surface area (Å²) in [6, 6.07) is 6.79. The highest BCUT2D eigenvalue weighted by atomic mass is 35.5. The second-order valence-corrected chi connectivity index (χ2v) is 6.94. The van der Waals surface area contributed by atoms with Crippen molar-refractivity contribution in [3.8, 4) is 0 Å². The summed E-state index contributed by atoms with van der Waals surface area (Å²) in [7, 11) is 0. The zero-order valence-corrected chi connectivity index (χ0v) is 15.4. The third kappa shape index (κ3) is 5.98. The summed E-state index contributed by atoms with van der Waals surface area (Å²) in [5.74, 6) is 0.717. The van der Waals surface area contributed by atoms with Crippen LogP contribution in [0.1, 0.15) is 26.7 Å². The molecule has 0 saturated carbocycles. The van der Waals surface area contributed by atoms with Gasteiger partial charge in [-0.25, -0.2) is 4.39 Å². The Hall–Kier alpha value is -0.780. The highest BCUT2D eigenvalue weighted by Gasteiger charge is 2.28. The molecule has 1 heterocycles. The lowest BCUT2D eigenvalue weighted by atomic mass is 10.1. The van der Waals surface area contributed by atoms with Gasteiger partial charge in [0.05, 0.1) is 0 Å². The first-order valence-electron chi connectivity index (χ1n) is 8.01. The number of carbonyl (C=O) groups is 1. The van der Waals surface area contributed by atoms with Gasteiger partial charge in [-0.1, -0.05) is 13.8 Å². The molecule has 2 atom stereocenters. The zero-order valence-electron chi connectivity index (χ0n) is 13.8. The van der Waals surface area contributed by atoms with Crippen LogP contribution in [0.3, 0.4) is 0 Å². The van der Waals surface area contributed by atoms with E-state index in [0.29, 0.717) is 6.04 Å². The third-order valence-electron chi connectivity index (χ3n) is 3.96. The average Bonchev–Trinajstić information content (AvgIpc) is 3.05. The first-order valence-corrected chi connectivity index (χ1v) is 9.00. The SMILES string of the molecule is CCCN(C(=O)C(C)CSc1ccc(F)cc1)C1CCNC1.Cl. The van der Waals surface area contributed by atoms with Crippen LogP contribution >= 0.6 is 24.2 Å². The number of hydrogen-bond acceptors (Lipinski definition) is 3. The van der Waals surface area contributed by atoms with Gasteiger partial charge in [0.25, 0.3) is 0 Å². The van der Waals surface area contributed by atoms with Crippen molar-refractivity contribution >= 4 is 30.1 Å². The molecule has 3 nitrogen and oxygen atoms in total. The minimum Gasteiger partial charge on any atom is -0.338 e. The highest BCUT2D eigenvalue weighted by Crippen LogP contribution is 2.23. The standard InChI is InChI=1S/C17H25FN2OS.ClH/c1-3-10-20(15-8-9-19-11-15)17(21)13(2)12-22-16-6-4-14(18)5-7-16;/h4-7,13,15,19H,3,8-12H2,1-2H3;1H. The van der Waals surface area contributed by atoms with Gasteiger partial charge in [0.1, 0.15) is 5.82 Å². The van der Waals surface area contributed by atoms with Gasteiger partial charge < -0.3 is 10.2 Å². The number of benzene rings is 1. The second kappa shape index (κ2) is 10.2. The molecule has 130 valence electrons. The number of nitrogens with one attached hydrogen (secondary N) is 1. The summed E-state index contributed by atoms with van der Waals surface area (Å²) < 4.78 is 12.9. The van der Waals surface area contributed by atoms with Crippen molar-refractivity contribution in [1.29, 1.82) is 0 Å². The van der Waals surface area contributed by atoms with Crippen LogP contribution in [0, 0.1) is 11.7 Å². The summed E-state index contributed by atoms with van der Waals surface area (Å²) in [5.41, 5.74) is 0. The molecule has 1 amide bonds. The van der Waals surface area contributed by atoms with Gasteiger partial charge in [0, 0.05) is 35.7 Å². The molecule has 1 aromatic carbocycles. The molecule has 0 aromatic heterocycles. The molecule has 2 rings (SSSR count). The monoisotopic (exact) mass is 360 g/mol. The van der Waals surface area contributed by atoms with E-state index in [9.17, 15) is 9.18 Å². The molecule has 1 N–H and O–H groups in total. The van der Waals surface area contributed by atoms with Crippen molar-refractivity contribution in [2.24, 2.45) is 5.92 Å². The Kier molecular flexibility index (Phi) is 8.95. The van der Waals surface area contributed by atoms with E-state index in [0.717, 1.165) is 43.1 Å². The van der Waals surface area contributed by atoms with E-state index in [1.165, 1.54) is 12.1 Å². The number of hydrogen-bond donors (Lipinski definition) is 1. The van der Waals surface area contributed by atoms with Gasteiger partial charge in [-0.2, -0.15) is 0 Å². The lowest BCUT2D eigenvalue weighted by molar-refractivity contribution is -0.136. The van der Waals surface area contributed by atoms with E-state index >= 15 is 0 Å². The molecule has 0 bridgehead atoms. The van der Waals surface area contributed by atoms with Crippen LogP contribution in [0.2, 0.25) is 0 Å². The van der Waals surface area contributed by atoms with Crippen molar-refractivity contribution in [2.75, 3.05) is 25.4 Å². The molecule has 6 heteroatoms. The van der Waals surface area contributed by atoms with Crippen LogP contribution in [0.25, 0.3) is 0 Å². The summed E-state index contributed by atoms with van der Waals surface area (Å²) >= 11 is 1.61. The molecule has 23 heavy (non-hydrogen) atoms. The Labute approximate surface area is 148 Å². The quantitative estimate of drug-likeness (QED) is 0.754. The summed E-state index contributed by atoms with van der Waals surface area (Å²) in [4.78, 5) is 15.8. The van der Waals surface area contributed by atoms with E-state index < -0.39 is 0 Å². The maximum atomic E-state index is 12.9. The van der Waals surface area contributed by atoms with Crippen LogP contribution in [-0.4, -0.2) is 42.2 Å². The molecular weight excluding hydrogens is 335 g/mol. The predicted molar refractivity (Wildman–Crippen MR) is 96.8 cm³/mol. The Morgan fingerprint density at radius 3 is 2.70 bits per heavy atom. The minimum absolute atomic E-state index is 0. The van der Waals surface area contributed by atoms with Gasteiger partial charge in [-0.15, -0.1) is 24.2 Å². The smallest absolute Gasteiger partial charge is 0.226 e. The first-order chi connectivity index (χ1) is 10.6.